The number of amides is 1. The summed E-state index contributed by atoms with van der Waals surface area (Å²) in [5.41, 5.74) is -0.137. The minimum Gasteiger partial charge on any atom is -0.406 e. The summed E-state index contributed by atoms with van der Waals surface area (Å²) in [5.74, 6) is 1.70. The molecule has 3 aromatic rings. The van der Waals surface area contributed by atoms with Crippen molar-refractivity contribution in [1.82, 2.24) is 10.1 Å². The van der Waals surface area contributed by atoms with Crippen molar-refractivity contribution in [2.45, 2.75) is 94.0 Å². The van der Waals surface area contributed by atoms with Crippen LogP contribution >= 0.6 is 0 Å². The highest BCUT2D eigenvalue weighted by Gasteiger charge is 2.73. The number of ether oxygens (including phenoxy) is 1. The summed E-state index contributed by atoms with van der Waals surface area (Å²) < 4.78 is 63.1. The highest BCUT2D eigenvalue weighted by atomic mass is 19.4. The lowest BCUT2D eigenvalue weighted by atomic mass is 9.41. The number of carbonyl (C=O) groups excluding carboxylic acids is 1. The Morgan fingerprint density at radius 1 is 0.953 bits per heavy atom. The molecule has 0 unspecified atom stereocenters. The maximum absolute atomic E-state index is 14.6. The summed E-state index contributed by atoms with van der Waals surface area (Å²) in [7, 11) is 0. The molecular weight excluding hydrogens is 562 g/mol. The van der Waals surface area contributed by atoms with Crippen molar-refractivity contribution >= 4 is 11.6 Å². The van der Waals surface area contributed by atoms with Gasteiger partial charge in [-0.1, -0.05) is 29.4 Å². The molecule has 10 heteroatoms. The van der Waals surface area contributed by atoms with Crippen LogP contribution in [0.1, 0.15) is 88.3 Å². The number of aromatic nitrogens is 2. The smallest absolute Gasteiger partial charge is 0.406 e. The molecule has 0 N–H and O–H groups in total. The number of nitrogens with zero attached hydrogens (tertiary/aromatic N) is 3. The number of fused-ring (bicyclic) bond motifs is 3. The maximum atomic E-state index is 14.6. The molecule has 0 saturated heterocycles. The zero-order valence-corrected chi connectivity index (χ0v) is 23.8. The van der Waals surface area contributed by atoms with Gasteiger partial charge >= 0.3 is 6.36 Å². The second kappa shape index (κ2) is 9.05. The summed E-state index contributed by atoms with van der Waals surface area (Å²) in [5, 5.41) is 4.27. The lowest BCUT2D eigenvalue weighted by molar-refractivity contribution is -0.274. The van der Waals surface area contributed by atoms with Gasteiger partial charge < -0.3 is 14.2 Å². The molecule has 7 aliphatic rings. The Morgan fingerprint density at radius 2 is 1.60 bits per heavy atom. The fourth-order valence-electron chi connectivity index (χ4n) is 8.30. The molecule has 1 amide bonds. The van der Waals surface area contributed by atoms with Crippen LogP contribution in [0.5, 0.6) is 5.75 Å². The van der Waals surface area contributed by atoms with Gasteiger partial charge in [0.25, 0.3) is 0 Å². The normalized spacial score (nSPS) is 32.6. The van der Waals surface area contributed by atoms with Gasteiger partial charge in [-0.15, -0.1) is 13.2 Å². The number of benzene rings is 2. The molecule has 7 fully saturated rings. The lowest BCUT2D eigenvalue weighted by Gasteiger charge is -2.65. The summed E-state index contributed by atoms with van der Waals surface area (Å²) >= 11 is 0. The molecule has 2 aromatic carbocycles. The van der Waals surface area contributed by atoms with Crippen molar-refractivity contribution < 1.29 is 31.6 Å². The third-order valence-electron chi connectivity index (χ3n) is 11.0. The Bertz CT molecular complexity index is 1550. The van der Waals surface area contributed by atoms with Crippen molar-refractivity contribution in [2.75, 3.05) is 11.4 Å². The first-order valence-electron chi connectivity index (χ1n) is 15.3. The average Bonchev–Trinajstić information content (AvgIpc) is 3.69. The van der Waals surface area contributed by atoms with Crippen LogP contribution in [0.15, 0.2) is 53.1 Å². The predicted octanol–water partition coefficient (Wildman–Crippen LogP) is 8.03. The third kappa shape index (κ3) is 4.63. The average molecular weight is 596 g/mol. The zero-order valence-electron chi connectivity index (χ0n) is 23.8. The molecule has 1 heterocycles. The van der Waals surface area contributed by atoms with Gasteiger partial charge in [-0.25, -0.2) is 4.39 Å². The van der Waals surface area contributed by atoms with Gasteiger partial charge in [0.05, 0.1) is 5.41 Å². The Balaban J connectivity index is 1.07. The van der Waals surface area contributed by atoms with Crippen molar-refractivity contribution in [3.63, 3.8) is 0 Å². The van der Waals surface area contributed by atoms with E-state index >= 15 is 0 Å². The van der Waals surface area contributed by atoms with Crippen LogP contribution in [0.3, 0.4) is 0 Å². The molecule has 43 heavy (non-hydrogen) atoms. The van der Waals surface area contributed by atoms with Crippen LogP contribution in [0, 0.1) is 10.8 Å². The minimum atomic E-state index is -4.79. The van der Waals surface area contributed by atoms with E-state index in [1.807, 2.05) is 29.2 Å². The van der Waals surface area contributed by atoms with Crippen LogP contribution in [0.25, 0.3) is 11.1 Å². The first-order valence-corrected chi connectivity index (χ1v) is 15.3. The minimum absolute atomic E-state index is 0.0407. The predicted molar refractivity (Wildman–Crippen MR) is 149 cm³/mol. The van der Waals surface area contributed by atoms with Gasteiger partial charge in [-0.05, 0) is 111 Å². The number of anilines is 1. The Hall–Kier alpha value is -3.43. The third-order valence-corrected chi connectivity index (χ3v) is 11.0. The van der Waals surface area contributed by atoms with Crippen LogP contribution in [-0.2, 0) is 10.2 Å². The van der Waals surface area contributed by atoms with Crippen LogP contribution in [-0.4, -0.2) is 34.6 Å². The second-order valence-corrected chi connectivity index (χ2v) is 14.0. The molecular formula is C33H33F4N3O3. The van der Waals surface area contributed by atoms with E-state index in [-0.39, 0.29) is 41.7 Å². The van der Waals surface area contributed by atoms with E-state index in [0.717, 1.165) is 63.1 Å². The molecule has 4 bridgehead atoms. The van der Waals surface area contributed by atoms with Gasteiger partial charge in [0, 0.05) is 23.6 Å². The van der Waals surface area contributed by atoms with E-state index in [4.69, 9.17) is 9.51 Å². The summed E-state index contributed by atoms with van der Waals surface area (Å²) in [6.45, 7) is 0.529. The Kier molecular flexibility index (Phi) is 5.71. The highest BCUT2D eigenvalue weighted by Crippen LogP contribution is 2.70. The van der Waals surface area contributed by atoms with Crippen molar-refractivity contribution in [2.24, 2.45) is 10.8 Å². The van der Waals surface area contributed by atoms with Gasteiger partial charge in [-0.3, -0.25) is 4.79 Å². The largest absolute Gasteiger partial charge is 0.573 e. The van der Waals surface area contributed by atoms with Crippen LogP contribution < -0.4 is 9.64 Å². The highest BCUT2D eigenvalue weighted by molar-refractivity contribution is 6.00. The summed E-state index contributed by atoms with van der Waals surface area (Å²) in [6, 6.07) is 13.2. The van der Waals surface area contributed by atoms with E-state index in [1.165, 1.54) is 18.2 Å². The molecule has 6 nitrogen and oxygen atoms in total. The molecule has 1 aromatic heterocycles. The molecule has 0 aliphatic heterocycles. The Labute approximate surface area is 246 Å². The molecule has 0 radical (unpaired) electrons. The second-order valence-electron chi connectivity index (χ2n) is 14.0. The fraction of sp³-hybridized carbons (Fsp3) is 0.545. The standard InChI is InChI=1S/C33H33F4N3O3/c34-32-17-31(18-32,19-32)28(41)40(24-5-1-3-22(15-24)23-4-2-6-25(16-23)42-33(35,36)37)20-29-9-12-30(13-10-29,14-11-29)27-38-26(39-43-27)21-7-8-21/h1-6,15-16,21H,7-14,17-20H2. The molecule has 0 atom stereocenters. The molecule has 10 rings (SSSR count). The monoisotopic (exact) mass is 595 g/mol. The summed E-state index contributed by atoms with van der Waals surface area (Å²) in [4.78, 5) is 20.8. The first-order chi connectivity index (χ1) is 20.5. The van der Waals surface area contributed by atoms with Crippen molar-refractivity contribution in [3.05, 3.63) is 60.2 Å². The molecule has 7 saturated carbocycles. The number of carbonyl (C=O) groups is 1. The molecule has 7 aliphatic carbocycles. The van der Waals surface area contributed by atoms with Crippen LogP contribution in [0.2, 0.25) is 0 Å². The van der Waals surface area contributed by atoms with Crippen LogP contribution in [0.4, 0.5) is 23.2 Å². The SMILES string of the molecule is O=C(N(CC12CCC(c3nc(C4CC4)no3)(CC1)CC2)c1cccc(-c2cccc(OC(F)(F)F)c2)c1)C12CC(F)(C1)C2. The van der Waals surface area contributed by atoms with E-state index in [2.05, 4.69) is 9.89 Å². The van der Waals surface area contributed by atoms with E-state index in [0.29, 0.717) is 29.3 Å². The Morgan fingerprint density at radius 3 is 2.23 bits per heavy atom. The molecule has 0 spiro atoms. The fourth-order valence-corrected chi connectivity index (χ4v) is 8.30. The number of hydrogen-bond acceptors (Lipinski definition) is 5. The van der Waals surface area contributed by atoms with E-state index < -0.39 is 17.4 Å². The topological polar surface area (TPSA) is 68.5 Å². The van der Waals surface area contributed by atoms with Crippen molar-refractivity contribution in [3.8, 4) is 16.9 Å². The number of alkyl halides is 4. The van der Waals surface area contributed by atoms with Crippen molar-refractivity contribution in [1.29, 1.82) is 0 Å². The van der Waals surface area contributed by atoms with E-state index in [1.54, 1.807) is 6.07 Å². The first kappa shape index (κ1) is 27.1. The van der Waals surface area contributed by atoms with E-state index in [9.17, 15) is 22.4 Å². The van der Waals surface area contributed by atoms with Gasteiger partial charge in [0.1, 0.15) is 11.4 Å². The van der Waals surface area contributed by atoms with Gasteiger partial charge in [-0.2, -0.15) is 4.98 Å². The molecule has 226 valence electrons. The zero-order chi connectivity index (χ0) is 29.7. The number of halogens is 4. The van der Waals surface area contributed by atoms with Gasteiger partial charge in [0.2, 0.25) is 11.8 Å². The number of hydrogen-bond donors (Lipinski definition) is 0. The maximum Gasteiger partial charge on any atom is 0.573 e. The van der Waals surface area contributed by atoms with Gasteiger partial charge in [0.15, 0.2) is 5.82 Å². The summed E-state index contributed by atoms with van der Waals surface area (Å²) in [6.07, 6.45) is 3.80. The lowest BCUT2D eigenvalue weighted by Crippen LogP contribution is -2.71. The quantitative estimate of drug-likeness (QED) is 0.247. The number of rotatable bonds is 8.